The molecule has 0 spiro atoms. The number of carbonyl (C=O) groups is 2. The average molecular weight is 395 g/mol. The summed E-state index contributed by atoms with van der Waals surface area (Å²) in [7, 11) is 0. The van der Waals surface area contributed by atoms with Crippen molar-refractivity contribution in [1.82, 2.24) is 4.90 Å². The zero-order chi connectivity index (χ0) is 20.5. The van der Waals surface area contributed by atoms with Gasteiger partial charge in [0.25, 0.3) is 0 Å². The zero-order valence-electron chi connectivity index (χ0n) is 16.4. The molecule has 2 bridgehead atoms. The predicted octanol–water partition coefficient (Wildman–Crippen LogP) is 3.23. The molecule has 30 heavy (non-hydrogen) atoms. The second-order valence-corrected chi connectivity index (χ2v) is 8.53. The molecule has 1 heterocycles. The molecule has 2 atom stereocenters. The highest BCUT2D eigenvalue weighted by molar-refractivity contribution is 6.08. The van der Waals surface area contributed by atoms with Gasteiger partial charge in [-0.3, -0.25) is 14.5 Å². The topological polar surface area (TPSA) is 57.6 Å². The third-order valence-electron chi connectivity index (χ3n) is 7.32. The zero-order valence-corrected chi connectivity index (χ0v) is 16.4. The van der Waals surface area contributed by atoms with E-state index in [1.807, 2.05) is 78.9 Å². The largest absolute Gasteiger partial charge is 0.395 e. The van der Waals surface area contributed by atoms with E-state index < -0.39 is 17.3 Å². The molecular formula is C26H21NO3. The molecule has 7 rings (SSSR count). The van der Waals surface area contributed by atoms with Crippen LogP contribution in [0.2, 0.25) is 0 Å². The molecule has 3 aliphatic carbocycles. The summed E-state index contributed by atoms with van der Waals surface area (Å²) >= 11 is 0. The van der Waals surface area contributed by atoms with Gasteiger partial charge in [0, 0.05) is 5.92 Å². The molecule has 2 unspecified atom stereocenters. The van der Waals surface area contributed by atoms with Crippen molar-refractivity contribution in [1.29, 1.82) is 0 Å². The van der Waals surface area contributed by atoms with Crippen molar-refractivity contribution >= 4 is 11.8 Å². The first kappa shape index (κ1) is 17.6. The van der Waals surface area contributed by atoms with Gasteiger partial charge in [-0.15, -0.1) is 0 Å². The monoisotopic (exact) mass is 395 g/mol. The average Bonchev–Trinajstić information content (AvgIpc) is 3.05. The first-order valence-corrected chi connectivity index (χ1v) is 10.4. The molecule has 3 aromatic rings. The quantitative estimate of drug-likeness (QED) is 0.693. The Morgan fingerprint density at radius 2 is 1.33 bits per heavy atom. The minimum absolute atomic E-state index is 0.124. The highest BCUT2D eigenvalue weighted by Crippen LogP contribution is 2.63. The van der Waals surface area contributed by atoms with Gasteiger partial charge in [0.05, 0.1) is 30.4 Å². The van der Waals surface area contributed by atoms with Crippen LogP contribution in [-0.2, 0) is 21.5 Å². The van der Waals surface area contributed by atoms with E-state index >= 15 is 0 Å². The molecule has 0 radical (unpaired) electrons. The third kappa shape index (κ3) is 1.99. The summed E-state index contributed by atoms with van der Waals surface area (Å²) in [5, 5.41) is 10.8. The lowest BCUT2D eigenvalue weighted by Crippen LogP contribution is -2.55. The molecule has 1 fully saturated rings. The van der Waals surface area contributed by atoms with Crippen molar-refractivity contribution in [3.8, 4) is 0 Å². The maximum Gasteiger partial charge on any atom is 0.234 e. The van der Waals surface area contributed by atoms with Crippen LogP contribution in [0.4, 0.5) is 0 Å². The third-order valence-corrected chi connectivity index (χ3v) is 7.32. The number of nitrogens with zero attached hydrogens (tertiary/aromatic N) is 1. The second-order valence-electron chi connectivity index (χ2n) is 8.53. The molecule has 1 saturated heterocycles. The summed E-state index contributed by atoms with van der Waals surface area (Å²) in [6, 6.07) is 25.6. The molecule has 1 aliphatic heterocycles. The minimum atomic E-state index is -0.884. The number of hydrogen-bond donors (Lipinski definition) is 1. The SMILES string of the molecule is O=C1C2C3c4ccccc4C(CO)(c4ccccc43)C2C(=O)N1Cc1ccccc1. The maximum absolute atomic E-state index is 13.7. The van der Waals surface area contributed by atoms with E-state index in [0.29, 0.717) is 0 Å². The van der Waals surface area contributed by atoms with E-state index in [0.717, 1.165) is 27.8 Å². The van der Waals surface area contributed by atoms with Gasteiger partial charge in [0.1, 0.15) is 0 Å². The summed E-state index contributed by atoms with van der Waals surface area (Å²) in [6.07, 6.45) is 0. The molecule has 0 saturated carbocycles. The van der Waals surface area contributed by atoms with Gasteiger partial charge in [-0.25, -0.2) is 0 Å². The number of aliphatic hydroxyl groups is 1. The van der Waals surface area contributed by atoms with Crippen molar-refractivity contribution in [3.05, 3.63) is 107 Å². The summed E-state index contributed by atoms with van der Waals surface area (Å²) < 4.78 is 0. The molecule has 4 aliphatic rings. The van der Waals surface area contributed by atoms with Crippen molar-refractivity contribution in [2.75, 3.05) is 6.61 Å². The molecular weight excluding hydrogens is 374 g/mol. The Labute approximate surface area is 174 Å². The van der Waals surface area contributed by atoms with E-state index in [1.165, 1.54) is 4.90 Å². The summed E-state index contributed by atoms with van der Waals surface area (Å²) in [6.45, 7) is 0.0690. The first-order chi connectivity index (χ1) is 14.7. The Morgan fingerprint density at radius 3 is 1.93 bits per heavy atom. The number of rotatable bonds is 3. The highest BCUT2D eigenvalue weighted by Gasteiger charge is 2.67. The van der Waals surface area contributed by atoms with Crippen molar-refractivity contribution in [2.24, 2.45) is 11.8 Å². The van der Waals surface area contributed by atoms with Crippen LogP contribution in [0.5, 0.6) is 0 Å². The van der Waals surface area contributed by atoms with Crippen LogP contribution in [0.3, 0.4) is 0 Å². The van der Waals surface area contributed by atoms with Crippen LogP contribution in [-0.4, -0.2) is 28.4 Å². The van der Waals surface area contributed by atoms with E-state index in [9.17, 15) is 14.7 Å². The summed E-state index contributed by atoms with van der Waals surface area (Å²) in [5.41, 5.74) is 4.15. The molecule has 1 N–H and O–H groups in total. The summed E-state index contributed by atoms with van der Waals surface area (Å²) in [4.78, 5) is 28.8. The smallest absolute Gasteiger partial charge is 0.234 e. The standard InChI is InChI=1S/C26H21NO3/c28-15-26-19-12-6-4-10-17(19)21(18-11-5-7-13-20(18)26)22-23(26)25(30)27(24(22)29)14-16-8-2-1-3-9-16/h1-13,21-23,28H,14-15H2. The fourth-order valence-corrected chi connectivity index (χ4v) is 6.18. The van der Waals surface area contributed by atoms with E-state index in [4.69, 9.17) is 0 Å². The Kier molecular flexibility index (Phi) is 3.60. The number of hydrogen-bond acceptors (Lipinski definition) is 3. The molecule has 4 nitrogen and oxygen atoms in total. The lowest BCUT2D eigenvalue weighted by Gasteiger charge is -2.53. The van der Waals surface area contributed by atoms with Gasteiger partial charge in [-0.1, -0.05) is 78.9 Å². The van der Waals surface area contributed by atoms with Crippen LogP contribution < -0.4 is 0 Å². The van der Waals surface area contributed by atoms with Crippen molar-refractivity contribution in [2.45, 2.75) is 17.9 Å². The predicted molar refractivity (Wildman–Crippen MR) is 112 cm³/mol. The number of imide groups is 1. The number of benzene rings is 3. The Balaban J connectivity index is 1.57. The number of amides is 2. The Hall–Kier alpha value is -3.24. The van der Waals surface area contributed by atoms with E-state index in [1.54, 1.807) is 0 Å². The molecule has 2 amide bonds. The normalized spacial score (nSPS) is 28.3. The van der Waals surface area contributed by atoms with E-state index in [2.05, 4.69) is 0 Å². The fourth-order valence-electron chi connectivity index (χ4n) is 6.18. The minimum Gasteiger partial charge on any atom is -0.395 e. The fraction of sp³-hybridized carbons (Fsp3) is 0.231. The van der Waals surface area contributed by atoms with Crippen LogP contribution in [0.1, 0.15) is 33.7 Å². The van der Waals surface area contributed by atoms with Crippen LogP contribution in [0.15, 0.2) is 78.9 Å². The molecule has 3 aromatic carbocycles. The number of aliphatic hydroxyl groups excluding tert-OH is 1. The van der Waals surface area contributed by atoms with Gasteiger partial charge in [0.15, 0.2) is 0 Å². The summed E-state index contributed by atoms with van der Waals surface area (Å²) in [5.74, 6) is -1.50. The number of carbonyl (C=O) groups excluding carboxylic acids is 2. The van der Waals surface area contributed by atoms with Gasteiger partial charge in [-0.05, 0) is 27.8 Å². The lowest BCUT2D eigenvalue weighted by molar-refractivity contribution is -0.141. The van der Waals surface area contributed by atoms with Gasteiger partial charge in [0.2, 0.25) is 11.8 Å². The van der Waals surface area contributed by atoms with Crippen LogP contribution in [0, 0.1) is 11.8 Å². The lowest BCUT2D eigenvalue weighted by atomic mass is 9.47. The van der Waals surface area contributed by atoms with Crippen molar-refractivity contribution in [3.63, 3.8) is 0 Å². The molecule has 0 aromatic heterocycles. The van der Waals surface area contributed by atoms with Crippen LogP contribution >= 0.6 is 0 Å². The van der Waals surface area contributed by atoms with E-state index in [-0.39, 0.29) is 30.9 Å². The van der Waals surface area contributed by atoms with Gasteiger partial charge >= 0.3 is 0 Å². The highest BCUT2D eigenvalue weighted by atomic mass is 16.3. The van der Waals surface area contributed by atoms with Crippen LogP contribution in [0.25, 0.3) is 0 Å². The Bertz CT molecular complexity index is 1140. The Morgan fingerprint density at radius 1 is 0.767 bits per heavy atom. The first-order valence-electron chi connectivity index (χ1n) is 10.4. The number of likely N-dealkylation sites (tertiary alicyclic amines) is 1. The van der Waals surface area contributed by atoms with Gasteiger partial charge < -0.3 is 5.11 Å². The molecule has 4 heteroatoms. The maximum atomic E-state index is 13.7. The molecule has 148 valence electrons. The van der Waals surface area contributed by atoms with Gasteiger partial charge in [-0.2, -0.15) is 0 Å². The second kappa shape index (κ2) is 6.13. The van der Waals surface area contributed by atoms with Crippen molar-refractivity contribution < 1.29 is 14.7 Å².